The number of halogens is 1. The Morgan fingerprint density at radius 2 is 2.13 bits per heavy atom. The van der Waals surface area contributed by atoms with Gasteiger partial charge in [0.25, 0.3) is 5.24 Å². The van der Waals surface area contributed by atoms with E-state index < -0.39 is 0 Å². The Balaban J connectivity index is 2.62. The largest absolute Gasteiger partial charge is 0.275 e. The van der Waals surface area contributed by atoms with Gasteiger partial charge in [0.1, 0.15) is 0 Å². The smallest absolute Gasteiger partial charge is 0.256 e. The van der Waals surface area contributed by atoms with E-state index in [4.69, 9.17) is 11.6 Å². The van der Waals surface area contributed by atoms with Crippen LogP contribution in [0.2, 0.25) is 0 Å². The third-order valence-corrected chi connectivity index (χ3v) is 2.94. The van der Waals surface area contributed by atoms with Crippen LogP contribution in [0, 0.1) is 0 Å². The molecule has 82 valence electrons. The van der Waals surface area contributed by atoms with Crippen molar-refractivity contribution >= 4 is 16.8 Å². The lowest BCUT2D eigenvalue weighted by atomic mass is 9.89. The van der Waals surface area contributed by atoms with Crippen molar-refractivity contribution < 1.29 is 4.79 Å². The van der Waals surface area contributed by atoms with Gasteiger partial charge in [0.15, 0.2) is 0 Å². The van der Waals surface area contributed by atoms with E-state index in [1.165, 1.54) is 0 Å². The molecular weight excluding hydrogens is 212 g/mol. The van der Waals surface area contributed by atoms with Crippen LogP contribution < -0.4 is 0 Å². The van der Waals surface area contributed by atoms with Crippen molar-refractivity contribution in [3.05, 3.63) is 17.0 Å². The first-order valence-electron chi connectivity index (χ1n) is 5.21. The highest BCUT2D eigenvalue weighted by atomic mass is 35.5. The maximum Gasteiger partial charge on any atom is 0.256 e. The van der Waals surface area contributed by atoms with Gasteiger partial charge in [-0.15, -0.1) is 0 Å². The molecule has 0 spiro atoms. The Bertz CT molecular complexity index is 415. The van der Waals surface area contributed by atoms with Crippen molar-refractivity contribution in [1.29, 1.82) is 0 Å². The van der Waals surface area contributed by atoms with Crippen molar-refractivity contribution in [1.82, 2.24) is 9.78 Å². The van der Waals surface area contributed by atoms with Gasteiger partial charge in [-0.2, -0.15) is 5.10 Å². The molecule has 4 heteroatoms. The zero-order valence-corrected chi connectivity index (χ0v) is 10.1. The number of aryl methyl sites for hydroxylation is 1. The second-order valence-electron chi connectivity index (χ2n) is 5.02. The SMILES string of the molecule is CC(C)(C)c1nn2c(c1C(=O)Cl)CCC2. The highest BCUT2D eigenvalue weighted by Gasteiger charge is 2.31. The maximum absolute atomic E-state index is 11.4. The van der Waals surface area contributed by atoms with Crippen molar-refractivity contribution in [2.45, 2.75) is 45.6 Å². The number of hydrogen-bond acceptors (Lipinski definition) is 2. The summed E-state index contributed by atoms with van der Waals surface area (Å²) in [5.74, 6) is 0. The second kappa shape index (κ2) is 3.34. The van der Waals surface area contributed by atoms with Crippen LogP contribution in [-0.2, 0) is 18.4 Å². The number of carbonyl (C=O) groups is 1. The summed E-state index contributed by atoms with van der Waals surface area (Å²) < 4.78 is 1.93. The minimum absolute atomic E-state index is 0.128. The van der Waals surface area contributed by atoms with E-state index in [1.807, 2.05) is 25.5 Å². The second-order valence-corrected chi connectivity index (χ2v) is 5.36. The third kappa shape index (κ3) is 1.69. The van der Waals surface area contributed by atoms with E-state index in [2.05, 4.69) is 5.10 Å². The van der Waals surface area contributed by atoms with Gasteiger partial charge in [0.05, 0.1) is 17.0 Å². The topological polar surface area (TPSA) is 34.9 Å². The molecule has 0 saturated carbocycles. The van der Waals surface area contributed by atoms with E-state index in [9.17, 15) is 4.79 Å². The summed E-state index contributed by atoms with van der Waals surface area (Å²) in [7, 11) is 0. The number of fused-ring (bicyclic) bond motifs is 1. The summed E-state index contributed by atoms with van der Waals surface area (Å²) in [6.45, 7) is 7.06. The van der Waals surface area contributed by atoms with Crippen LogP contribution in [-0.4, -0.2) is 15.0 Å². The van der Waals surface area contributed by atoms with Crippen LogP contribution in [0.5, 0.6) is 0 Å². The molecule has 1 aliphatic rings. The van der Waals surface area contributed by atoms with Gasteiger partial charge in [-0.3, -0.25) is 9.48 Å². The monoisotopic (exact) mass is 226 g/mol. The standard InChI is InChI=1S/C11H15ClN2O/c1-11(2,3)9-8(10(12)15)7-5-4-6-14(7)13-9/h4-6H2,1-3H3. The first kappa shape index (κ1) is 10.7. The highest BCUT2D eigenvalue weighted by molar-refractivity contribution is 6.68. The molecule has 0 N–H and O–H groups in total. The lowest BCUT2D eigenvalue weighted by molar-refractivity contribution is 0.107. The molecule has 0 aromatic carbocycles. The molecule has 0 bridgehead atoms. The molecule has 0 saturated heterocycles. The van der Waals surface area contributed by atoms with E-state index in [0.717, 1.165) is 30.8 Å². The van der Waals surface area contributed by atoms with Gasteiger partial charge in [0, 0.05) is 12.0 Å². The van der Waals surface area contributed by atoms with Gasteiger partial charge >= 0.3 is 0 Å². The first-order valence-corrected chi connectivity index (χ1v) is 5.59. The van der Waals surface area contributed by atoms with E-state index in [-0.39, 0.29) is 10.7 Å². The fourth-order valence-electron chi connectivity index (χ4n) is 2.06. The Morgan fingerprint density at radius 1 is 1.47 bits per heavy atom. The van der Waals surface area contributed by atoms with Gasteiger partial charge in [-0.05, 0) is 24.4 Å². The average Bonchev–Trinajstić information content (AvgIpc) is 2.56. The maximum atomic E-state index is 11.4. The quantitative estimate of drug-likeness (QED) is 0.690. The molecule has 1 aromatic rings. The van der Waals surface area contributed by atoms with Crippen LogP contribution in [0.25, 0.3) is 0 Å². The summed E-state index contributed by atoms with van der Waals surface area (Å²) in [4.78, 5) is 11.4. The number of carbonyl (C=O) groups excluding carboxylic acids is 1. The average molecular weight is 227 g/mol. The summed E-state index contributed by atoms with van der Waals surface area (Å²) in [5.41, 5.74) is 2.36. The lowest BCUT2D eigenvalue weighted by Gasteiger charge is -2.16. The molecule has 0 amide bonds. The van der Waals surface area contributed by atoms with Crippen molar-refractivity contribution in [2.75, 3.05) is 0 Å². The molecule has 0 atom stereocenters. The molecule has 2 heterocycles. The first-order chi connectivity index (χ1) is 6.91. The van der Waals surface area contributed by atoms with Crippen molar-refractivity contribution in [3.8, 4) is 0 Å². The Hall–Kier alpha value is -0.830. The number of hydrogen-bond donors (Lipinski definition) is 0. The molecule has 0 aliphatic carbocycles. The number of nitrogens with zero attached hydrogens (tertiary/aromatic N) is 2. The summed E-state index contributed by atoms with van der Waals surface area (Å²) in [6, 6.07) is 0. The molecule has 1 aromatic heterocycles. The minimum atomic E-state index is -0.372. The van der Waals surface area contributed by atoms with E-state index >= 15 is 0 Å². The van der Waals surface area contributed by atoms with Gasteiger partial charge in [0.2, 0.25) is 0 Å². The summed E-state index contributed by atoms with van der Waals surface area (Å²) in [6.07, 6.45) is 1.97. The van der Waals surface area contributed by atoms with Crippen molar-refractivity contribution in [2.24, 2.45) is 0 Å². The number of aromatic nitrogens is 2. The predicted octanol–water partition coefficient (Wildman–Crippen LogP) is 2.51. The molecule has 2 rings (SSSR count). The molecule has 0 radical (unpaired) electrons. The third-order valence-electron chi connectivity index (χ3n) is 2.75. The van der Waals surface area contributed by atoms with Gasteiger partial charge < -0.3 is 0 Å². The van der Waals surface area contributed by atoms with Gasteiger partial charge in [-0.25, -0.2) is 0 Å². The Kier molecular flexibility index (Phi) is 2.38. The molecule has 0 fully saturated rings. The lowest BCUT2D eigenvalue weighted by Crippen LogP contribution is -2.16. The molecular formula is C11H15ClN2O. The van der Waals surface area contributed by atoms with Crippen LogP contribution >= 0.6 is 11.6 Å². The predicted molar refractivity (Wildman–Crippen MR) is 59.4 cm³/mol. The van der Waals surface area contributed by atoms with E-state index in [0.29, 0.717) is 5.56 Å². The minimum Gasteiger partial charge on any atom is -0.275 e. The van der Waals surface area contributed by atoms with Crippen molar-refractivity contribution in [3.63, 3.8) is 0 Å². The fraction of sp³-hybridized carbons (Fsp3) is 0.636. The highest BCUT2D eigenvalue weighted by Crippen LogP contribution is 2.31. The Morgan fingerprint density at radius 3 is 2.67 bits per heavy atom. The fourth-order valence-corrected chi connectivity index (χ4v) is 2.26. The normalized spacial score (nSPS) is 15.5. The number of rotatable bonds is 1. The van der Waals surface area contributed by atoms with Crippen LogP contribution in [0.1, 0.15) is 48.9 Å². The van der Waals surface area contributed by atoms with Crippen LogP contribution in [0.3, 0.4) is 0 Å². The molecule has 1 aliphatic heterocycles. The zero-order chi connectivity index (χ0) is 11.2. The Labute approximate surface area is 94.4 Å². The molecule has 3 nitrogen and oxygen atoms in total. The molecule has 15 heavy (non-hydrogen) atoms. The van der Waals surface area contributed by atoms with Crippen LogP contribution in [0.15, 0.2) is 0 Å². The van der Waals surface area contributed by atoms with E-state index in [1.54, 1.807) is 0 Å². The van der Waals surface area contributed by atoms with Gasteiger partial charge in [-0.1, -0.05) is 20.8 Å². The zero-order valence-electron chi connectivity index (χ0n) is 9.30. The summed E-state index contributed by atoms with van der Waals surface area (Å²) >= 11 is 5.65. The summed E-state index contributed by atoms with van der Waals surface area (Å²) in [5, 5.41) is 4.12. The van der Waals surface area contributed by atoms with Crippen LogP contribution in [0.4, 0.5) is 0 Å². The molecule has 0 unspecified atom stereocenters.